The smallest absolute Gasteiger partial charge is 0.196 e. The van der Waals surface area contributed by atoms with Crippen LogP contribution in [0, 0.1) is 0 Å². The van der Waals surface area contributed by atoms with Crippen LogP contribution in [0.5, 0.6) is 0 Å². The van der Waals surface area contributed by atoms with Gasteiger partial charge in [0.05, 0.1) is 0 Å². The predicted molar refractivity (Wildman–Crippen MR) is 50.2 cm³/mol. The second-order valence-corrected chi connectivity index (χ2v) is 3.17. The van der Waals surface area contributed by atoms with E-state index in [1.54, 1.807) is 18.2 Å². The van der Waals surface area contributed by atoms with Crippen molar-refractivity contribution in [2.24, 2.45) is 0 Å². The lowest BCUT2D eigenvalue weighted by molar-refractivity contribution is 0.0752. The highest BCUT2D eigenvalue weighted by atomic mass is 16.3. The summed E-state index contributed by atoms with van der Waals surface area (Å²) in [5.41, 5.74) is 0.555. The standard InChI is InChI=1S/C11H8O3/c1-6-9(12)7-4-2-3-5-8(7)11(14)10(6)13/h2-5,10,13H,1H2. The molecule has 0 heterocycles. The molecule has 0 radical (unpaired) electrons. The van der Waals surface area contributed by atoms with E-state index in [1.807, 2.05) is 0 Å². The molecule has 0 amide bonds. The molecule has 0 spiro atoms. The van der Waals surface area contributed by atoms with Crippen LogP contribution in [0.15, 0.2) is 36.4 Å². The zero-order valence-corrected chi connectivity index (χ0v) is 7.36. The average Bonchev–Trinajstić information content (AvgIpc) is 2.23. The summed E-state index contributed by atoms with van der Waals surface area (Å²) >= 11 is 0. The zero-order chi connectivity index (χ0) is 10.3. The normalized spacial score (nSPS) is 20.9. The van der Waals surface area contributed by atoms with Crippen molar-refractivity contribution < 1.29 is 14.7 Å². The van der Waals surface area contributed by atoms with Crippen LogP contribution in [0.2, 0.25) is 0 Å². The van der Waals surface area contributed by atoms with Gasteiger partial charge in [-0.2, -0.15) is 0 Å². The van der Waals surface area contributed by atoms with Crippen molar-refractivity contribution in [3.05, 3.63) is 47.5 Å². The van der Waals surface area contributed by atoms with Crippen molar-refractivity contribution >= 4 is 11.6 Å². The molecular weight excluding hydrogens is 180 g/mol. The quantitative estimate of drug-likeness (QED) is 0.617. The number of hydrogen-bond acceptors (Lipinski definition) is 3. The van der Waals surface area contributed by atoms with Crippen LogP contribution in [0.4, 0.5) is 0 Å². The Morgan fingerprint density at radius 3 is 2.36 bits per heavy atom. The number of Topliss-reactive ketones (excluding diaryl/α,β-unsaturated/α-hetero) is 2. The largest absolute Gasteiger partial charge is 0.380 e. The number of carbonyl (C=O) groups excluding carboxylic acids is 2. The summed E-state index contributed by atoms with van der Waals surface area (Å²) in [5.74, 6) is -0.807. The van der Waals surface area contributed by atoms with Gasteiger partial charge >= 0.3 is 0 Å². The van der Waals surface area contributed by atoms with Crippen LogP contribution in [0.25, 0.3) is 0 Å². The van der Waals surface area contributed by atoms with Crippen molar-refractivity contribution in [3.8, 4) is 0 Å². The highest BCUT2D eigenvalue weighted by Crippen LogP contribution is 2.23. The van der Waals surface area contributed by atoms with E-state index in [2.05, 4.69) is 6.58 Å². The lowest BCUT2D eigenvalue weighted by Crippen LogP contribution is -2.33. The van der Waals surface area contributed by atoms with E-state index in [9.17, 15) is 14.7 Å². The van der Waals surface area contributed by atoms with Crippen molar-refractivity contribution in [2.45, 2.75) is 6.10 Å². The van der Waals surface area contributed by atoms with E-state index in [0.717, 1.165) is 0 Å². The number of hydrogen-bond donors (Lipinski definition) is 1. The minimum atomic E-state index is -1.38. The second kappa shape index (κ2) is 2.89. The Bertz CT molecular complexity index is 446. The Hall–Kier alpha value is -1.74. The number of rotatable bonds is 0. The van der Waals surface area contributed by atoms with Crippen LogP contribution in [0.1, 0.15) is 20.7 Å². The predicted octanol–water partition coefficient (Wildman–Crippen LogP) is 0.983. The summed E-state index contributed by atoms with van der Waals surface area (Å²) in [4.78, 5) is 23.1. The Morgan fingerprint density at radius 2 is 1.71 bits per heavy atom. The first-order valence-corrected chi connectivity index (χ1v) is 4.17. The molecule has 2 rings (SSSR count). The first kappa shape index (κ1) is 8.84. The number of benzene rings is 1. The van der Waals surface area contributed by atoms with Gasteiger partial charge in [0, 0.05) is 16.7 Å². The Kier molecular flexibility index (Phi) is 1.82. The summed E-state index contributed by atoms with van der Waals surface area (Å²) in [5, 5.41) is 9.39. The van der Waals surface area contributed by atoms with Crippen molar-refractivity contribution in [3.63, 3.8) is 0 Å². The molecule has 3 nitrogen and oxygen atoms in total. The van der Waals surface area contributed by atoms with Gasteiger partial charge < -0.3 is 5.11 Å². The van der Waals surface area contributed by atoms with E-state index in [-0.39, 0.29) is 16.9 Å². The molecule has 0 saturated carbocycles. The number of carbonyl (C=O) groups is 2. The maximum absolute atomic E-state index is 11.6. The summed E-state index contributed by atoms with van der Waals surface area (Å²) in [6.07, 6.45) is -1.38. The van der Waals surface area contributed by atoms with E-state index in [1.165, 1.54) is 6.07 Å². The first-order valence-electron chi connectivity index (χ1n) is 4.17. The Labute approximate surface area is 80.7 Å². The van der Waals surface area contributed by atoms with Gasteiger partial charge in [-0.25, -0.2) is 0 Å². The third kappa shape index (κ3) is 1.03. The van der Waals surface area contributed by atoms with Crippen molar-refractivity contribution in [1.82, 2.24) is 0 Å². The lowest BCUT2D eigenvalue weighted by atomic mass is 9.85. The maximum atomic E-state index is 11.6. The third-order valence-corrected chi connectivity index (χ3v) is 2.31. The Balaban J connectivity index is 2.68. The lowest BCUT2D eigenvalue weighted by Gasteiger charge is -2.19. The van der Waals surface area contributed by atoms with Gasteiger partial charge in [0.2, 0.25) is 0 Å². The van der Waals surface area contributed by atoms with Crippen molar-refractivity contribution in [2.75, 3.05) is 0 Å². The molecule has 1 aliphatic rings. The third-order valence-electron chi connectivity index (χ3n) is 2.31. The molecule has 1 aliphatic carbocycles. The molecule has 0 saturated heterocycles. The van der Waals surface area contributed by atoms with Gasteiger partial charge in [0.15, 0.2) is 11.6 Å². The fourth-order valence-corrected chi connectivity index (χ4v) is 1.50. The zero-order valence-electron chi connectivity index (χ0n) is 7.36. The van der Waals surface area contributed by atoms with Gasteiger partial charge in [-0.05, 0) is 0 Å². The average molecular weight is 188 g/mol. The molecule has 1 aromatic carbocycles. The molecular formula is C11H8O3. The molecule has 14 heavy (non-hydrogen) atoms. The topological polar surface area (TPSA) is 54.4 Å². The summed E-state index contributed by atoms with van der Waals surface area (Å²) in [7, 11) is 0. The molecule has 1 atom stereocenters. The number of aliphatic hydroxyl groups excluding tert-OH is 1. The summed E-state index contributed by atoms with van der Waals surface area (Å²) < 4.78 is 0. The van der Waals surface area contributed by atoms with Crippen LogP contribution in [0.3, 0.4) is 0 Å². The first-order chi connectivity index (χ1) is 6.63. The maximum Gasteiger partial charge on any atom is 0.196 e. The van der Waals surface area contributed by atoms with Crippen LogP contribution < -0.4 is 0 Å². The molecule has 70 valence electrons. The van der Waals surface area contributed by atoms with Gasteiger partial charge in [0.25, 0.3) is 0 Å². The number of aliphatic hydroxyl groups is 1. The molecule has 0 fully saturated rings. The van der Waals surface area contributed by atoms with E-state index >= 15 is 0 Å². The number of fused-ring (bicyclic) bond motifs is 1. The monoisotopic (exact) mass is 188 g/mol. The van der Waals surface area contributed by atoms with Gasteiger partial charge in [-0.3, -0.25) is 9.59 Å². The van der Waals surface area contributed by atoms with Crippen LogP contribution in [-0.2, 0) is 0 Å². The summed E-state index contributed by atoms with van der Waals surface area (Å²) in [6, 6.07) is 6.43. The molecule has 0 bridgehead atoms. The van der Waals surface area contributed by atoms with E-state index in [0.29, 0.717) is 5.56 Å². The number of ketones is 2. The minimum Gasteiger partial charge on any atom is -0.380 e. The highest BCUT2D eigenvalue weighted by Gasteiger charge is 2.33. The summed E-state index contributed by atoms with van der Waals surface area (Å²) in [6.45, 7) is 3.41. The minimum absolute atomic E-state index is 0.0475. The molecule has 1 unspecified atom stereocenters. The van der Waals surface area contributed by atoms with Crippen molar-refractivity contribution in [1.29, 1.82) is 0 Å². The molecule has 0 aromatic heterocycles. The SMILES string of the molecule is C=C1C(=O)c2ccccc2C(=O)C1O. The molecule has 3 heteroatoms. The van der Waals surface area contributed by atoms with Crippen LogP contribution >= 0.6 is 0 Å². The van der Waals surface area contributed by atoms with E-state index in [4.69, 9.17) is 0 Å². The molecule has 1 N–H and O–H groups in total. The van der Waals surface area contributed by atoms with Gasteiger partial charge in [-0.1, -0.05) is 30.8 Å². The highest BCUT2D eigenvalue weighted by molar-refractivity contribution is 6.24. The van der Waals surface area contributed by atoms with Gasteiger partial charge in [-0.15, -0.1) is 0 Å². The fourth-order valence-electron chi connectivity index (χ4n) is 1.50. The molecule has 1 aromatic rings. The van der Waals surface area contributed by atoms with E-state index < -0.39 is 11.9 Å². The second-order valence-electron chi connectivity index (χ2n) is 3.17. The molecule has 0 aliphatic heterocycles. The Morgan fingerprint density at radius 1 is 1.14 bits per heavy atom. The van der Waals surface area contributed by atoms with Crippen LogP contribution in [-0.4, -0.2) is 22.8 Å². The van der Waals surface area contributed by atoms with Gasteiger partial charge in [0.1, 0.15) is 6.10 Å². The fraction of sp³-hybridized carbons (Fsp3) is 0.0909.